The van der Waals surface area contributed by atoms with Crippen molar-refractivity contribution in [1.29, 1.82) is 0 Å². The second kappa shape index (κ2) is 10.9. The highest BCUT2D eigenvalue weighted by molar-refractivity contribution is 6.00. The molecule has 0 atom stereocenters. The number of allylic oxidation sites excluding steroid dienone is 1. The maximum Gasteiger partial charge on any atom is 0.244 e. The summed E-state index contributed by atoms with van der Waals surface area (Å²) < 4.78 is 17.0. The second-order valence-corrected chi connectivity index (χ2v) is 7.93. The normalized spacial score (nSPS) is 11.8. The zero-order valence-corrected chi connectivity index (χ0v) is 19.5. The van der Waals surface area contributed by atoms with Crippen LogP contribution in [0.1, 0.15) is 25.8 Å². The van der Waals surface area contributed by atoms with Gasteiger partial charge in [0.2, 0.25) is 5.91 Å². The first kappa shape index (κ1) is 23.4. The molecule has 1 heterocycles. The number of hydrogen-bond donors (Lipinski definition) is 1. The van der Waals surface area contributed by atoms with E-state index < -0.39 is 0 Å². The summed E-state index contributed by atoms with van der Waals surface area (Å²) in [5, 5.41) is 3.92. The lowest BCUT2D eigenvalue weighted by Crippen LogP contribution is -2.25. The monoisotopic (exact) mass is 436 g/mol. The van der Waals surface area contributed by atoms with Crippen LogP contribution in [-0.4, -0.2) is 51.7 Å². The summed E-state index contributed by atoms with van der Waals surface area (Å²) in [4.78, 5) is 14.5. The van der Waals surface area contributed by atoms with E-state index >= 15 is 0 Å². The molecule has 6 nitrogen and oxygen atoms in total. The number of carbonyl (C=O) groups excluding carboxylic acids is 1. The summed E-state index contributed by atoms with van der Waals surface area (Å²) in [6, 6.07) is 11.8. The average Bonchev–Trinajstić information content (AvgIpc) is 3.19. The zero-order chi connectivity index (χ0) is 23.1. The topological polar surface area (TPSA) is 63.9 Å². The van der Waals surface area contributed by atoms with E-state index in [1.807, 2.05) is 64.3 Å². The Balaban J connectivity index is 1.91. The lowest BCUT2D eigenvalue weighted by atomic mass is 9.99. The molecule has 0 aliphatic carbocycles. The van der Waals surface area contributed by atoms with Crippen molar-refractivity contribution < 1.29 is 18.7 Å². The highest BCUT2D eigenvalue weighted by atomic mass is 16.5. The van der Waals surface area contributed by atoms with Gasteiger partial charge >= 0.3 is 0 Å². The van der Waals surface area contributed by atoms with Crippen LogP contribution in [0.25, 0.3) is 27.7 Å². The summed E-state index contributed by atoms with van der Waals surface area (Å²) in [6.45, 7) is 5.96. The van der Waals surface area contributed by atoms with Crippen LogP contribution in [0, 0.1) is 0 Å². The molecule has 1 amide bonds. The van der Waals surface area contributed by atoms with E-state index in [1.165, 1.54) is 0 Å². The number of amides is 1. The highest BCUT2D eigenvalue weighted by Crippen LogP contribution is 2.37. The zero-order valence-electron chi connectivity index (χ0n) is 19.5. The second-order valence-electron chi connectivity index (χ2n) is 7.93. The summed E-state index contributed by atoms with van der Waals surface area (Å²) in [6.07, 6.45) is 4.29. The first-order chi connectivity index (χ1) is 15.4. The Morgan fingerprint density at radius 2 is 1.94 bits per heavy atom. The van der Waals surface area contributed by atoms with Crippen molar-refractivity contribution in [3.63, 3.8) is 0 Å². The first-order valence-corrected chi connectivity index (χ1v) is 10.9. The molecule has 0 aliphatic rings. The molecule has 6 heteroatoms. The Morgan fingerprint density at radius 3 is 2.59 bits per heavy atom. The van der Waals surface area contributed by atoms with Crippen LogP contribution < -0.4 is 14.8 Å². The van der Waals surface area contributed by atoms with Gasteiger partial charge in [-0.3, -0.25) is 4.79 Å². The molecule has 0 bridgehead atoms. The molecule has 0 unspecified atom stereocenters. The quantitative estimate of drug-likeness (QED) is 0.359. The molecular formula is C26H32N2O4. The van der Waals surface area contributed by atoms with Gasteiger partial charge in [-0.25, -0.2) is 0 Å². The van der Waals surface area contributed by atoms with Gasteiger partial charge < -0.3 is 24.1 Å². The van der Waals surface area contributed by atoms with Crippen molar-refractivity contribution in [2.75, 3.05) is 40.9 Å². The van der Waals surface area contributed by atoms with Gasteiger partial charge in [0.15, 0.2) is 0 Å². The van der Waals surface area contributed by atoms with Crippen LogP contribution in [0.2, 0.25) is 0 Å². The largest absolute Gasteiger partial charge is 0.497 e. The van der Waals surface area contributed by atoms with Crippen LogP contribution in [0.4, 0.5) is 0 Å². The van der Waals surface area contributed by atoms with Gasteiger partial charge in [0.05, 0.1) is 20.0 Å². The average molecular weight is 437 g/mol. The van der Waals surface area contributed by atoms with Gasteiger partial charge in [0.1, 0.15) is 17.1 Å². The molecule has 32 heavy (non-hydrogen) atoms. The fourth-order valence-electron chi connectivity index (χ4n) is 3.56. The smallest absolute Gasteiger partial charge is 0.244 e. The SMILES string of the molecule is CCOc1cc2occ(-c3ccc(OC)cc3)c2cc1/C(C)=C/C(=O)NCCCN(C)C. The Kier molecular flexibility index (Phi) is 7.95. The maximum absolute atomic E-state index is 12.4. The van der Waals surface area contributed by atoms with Gasteiger partial charge in [-0.2, -0.15) is 0 Å². The van der Waals surface area contributed by atoms with Crippen molar-refractivity contribution in [2.24, 2.45) is 0 Å². The predicted octanol–water partition coefficient (Wildman–Crippen LogP) is 4.98. The van der Waals surface area contributed by atoms with Crippen LogP contribution in [-0.2, 0) is 4.79 Å². The third-order valence-electron chi connectivity index (χ3n) is 5.23. The number of benzene rings is 2. The molecule has 0 saturated heterocycles. The summed E-state index contributed by atoms with van der Waals surface area (Å²) >= 11 is 0. The predicted molar refractivity (Wildman–Crippen MR) is 129 cm³/mol. The number of hydrogen-bond acceptors (Lipinski definition) is 5. The van der Waals surface area contributed by atoms with E-state index in [4.69, 9.17) is 13.9 Å². The van der Waals surface area contributed by atoms with Gasteiger partial charge in [-0.1, -0.05) is 12.1 Å². The summed E-state index contributed by atoms with van der Waals surface area (Å²) in [7, 11) is 5.69. The molecular weight excluding hydrogens is 404 g/mol. The molecule has 3 aromatic rings. The number of furan rings is 1. The first-order valence-electron chi connectivity index (χ1n) is 10.9. The van der Waals surface area contributed by atoms with E-state index in [9.17, 15) is 4.79 Å². The fraction of sp³-hybridized carbons (Fsp3) is 0.346. The third kappa shape index (κ3) is 5.71. The van der Waals surface area contributed by atoms with Crippen molar-refractivity contribution >= 4 is 22.4 Å². The van der Waals surface area contributed by atoms with Crippen LogP contribution in [0.15, 0.2) is 53.2 Å². The Morgan fingerprint density at radius 1 is 1.19 bits per heavy atom. The molecule has 0 spiro atoms. The van der Waals surface area contributed by atoms with Crippen LogP contribution in [0.3, 0.4) is 0 Å². The standard InChI is InChI=1S/C26H32N2O4/c1-6-31-24-16-25-22(23(17-32-25)19-8-10-20(30-5)11-9-19)15-21(24)18(2)14-26(29)27-12-7-13-28(3)4/h8-11,14-17H,6-7,12-13H2,1-5H3,(H,27,29)/b18-14+. The fourth-order valence-corrected chi connectivity index (χ4v) is 3.56. The number of nitrogens with zero attached hydrogens (tertiary/aromatic N) is 1. The molecule has 0 fully saturated rings. The number of nitrogens with one attached hydrogen (secondary N) is 1. The molecule has 0 saturated carbocycles. The van der Waals surface area contributed by atoms with Crippen LogP contribution >= 0.6 is 0 Å². The Bertz CT molecular complexity index is 1080. The molecule has 2 aromatic carbocycles. The lowest BCUT2D eigenvalue weighted by molar-refractivity contribution is -0.116. The molecule has 1 aromatic heterocycles. The highest BCUT2D eigenvalue weighted by Gasteiger charge is 2.15. The van der Waals surface area contributed by atoms with Gasteiger partial charge in [0.25, 0.3) is 0 Å². The Hall–Kier alpha value is -3.25. The number of fused-ring (bicyclic) bond motifs is 1. The summed E-state index contributed by atoms with van der Waals surface area (Å²) in [5.41, 5.74) is 4.46. The maximum atomic E-state index is 12.4. The number of methoxy groups -OCH3 is 1. The minimum absolute atomic E-state index is 0.105. The molecule has 3 rings (SSSR count). The minimum atomic E-state index is -0.105. The van der Waals surface area contributed by atoms with Gasteiger partial charge in [0, 0.05) is 35.2 Å². The van der Waals surface area contributed by atoms with Crippen molar-refractivity contribution in [3.8, 4) is 22.6 Å². The summed E-state index contributed by atoms with van der Waals surface area (Å²) in [5.74, 6) is 1.40. The number of carbonyl (C=O) groups is 1. The van der Waals surface area contributed by atoms with E-state index in [0.29, 0.717) is 18.9 Å². The van der Waals surface area contributed by atoms with E-state index in [0.717, 1.165) is 51.9 Å². The van der Waals surface area contributed by atoms with Gasteiger partial charge in [-0.15, -0.1) is 0 Å². The number of rotatable bonds is 10. The molecule has 1 N–H and O–H groups in total. The van der Waals surface area contributed by atoms with E-state index in [-0.39, 0.29) is 5.91 Å². The minimum Gasteiger partial charge on any atom is -0.497 e. The van der Waals surface area contributed by atoms with E-state index in [1.54, 1.807) is 19.4 Å². The number of ether oxygens (including phenoxy) is 2. The van der Waals surface area contributed by atoms with E-state index in [2.05, 4.69) is 10.2 Å². The third-order valence-corrected chi connectivity index (χ3v) is 5.23. The van der Waals surface area contributed by atoms with Crippen molar-refractivity contribution in [1.82, 2.24) is 10.2 Å². The van der Waals surface area contributed by atoms with Crippen molar-refractivity contribution in [3.05, 3.63) is 54.3 Å². The van der Waals surface area contributed by atoms with Crippen LogP contribution in [0.5, 0.6) is 11.5 Å². The molecule has 0 aliphatic heterocycles. The molecule has 0 radical (unpaired) electrons. The molecule has 170 valence electrons. The van der Waals surface area contributed by atoms with Crippen molar-refractivity contribution in [2.45, 2.75) is 20.3 Å². The Labute approximate surface area is 189 Å². The van der Waals surface area contributed by atoms with Gasteiger partial charge in [-0.05, 0) is 70.2 Å². The lowest BCUT2D eigenvalue weighted by Gasteiger charge is -2.12.